The molecule has 0 fully saturated rings. The molecule has 0 unspecified atom stereocenters. The van der Waals surface area contributed by atoms with Gasteiger partial charge in [0.2, 0.25) is 5.13 Å². The van der Waals surface area contributed by atoms with E-state index in [1.54, 1.807) is 65.8 Å². The maximum absolute atomic E-state index is 16.0. The molecule has 0 saturated carbocycles. The number of anilines is 2. The Balaban J connectivity index is 1.37. The number of fused-ring (bicyclic) bond motifs is 1. The first-order valence-electron chi connectivity index (χ1n) is 17.8. The number of carbonyl (C=O) groups excluding carboxylic acids is 2. The molecule has 0 N–H and O–H groups in total. The molecular weight excluding hydrogens is 848 g/mol. The second-order valence-electron chi connectivity index (χ2n) is 14.9. The molecule has 0 atom stereocenters. The average Bonchev–Trinajstić information content (AvgIpc) is 3.85. The van der Waals surface area contributed by atoms with E-state index in [1.165, 1.54) is 44.6 Å². The first-order valence-corrected chi connectivity index (χ1v) is 20.4. The van der Waals surface area contributed by atoms with Crippen LogP contribution in [0.1, 0.15) is 47.1 Å². The standard InChI is InChI=1S/C40H38ClF2N5O10S2/c1-39(2,3)56-37(49)48(38(50)57-40(4,5)6)35-28-15-23(9-11-32(28)58-46-35)27-16-24(41)10-12-31(27)55-33-18-30(43)34(19-29(33)42)60(51,52)47(36-44-21-45-59-36)20-22-13-25(53-7)17-26(14-22)54-8/h9-19,21H,20H2,1-8H3. The van der Waals surface area contributed by atoms with Crippen LogP contribution in [0, 0.1) is 11.6 Å². The van der Waals surface area contributed by atoms with E-state index in [9.17, 15) is 18.0 Å². The fraction of sp³-hybridized carbons (Fsp3) is 0.275. The Labute approximate surface area is 352 Å². The lowest BCUT2D eigenvalue weighted by Crippen LogP contribution is -2.44. The monoisotopic (exact) mass is 885 g/mol. The van der Waals surface area contributed by atoms with E-state index in [0.717, 1.165) is 22.2 Å². The van der Waals surface area contributed by atoms with Crippen LogP contribution in [-0.2, 0) is 26.0 Å². The molecule has 60 heavy (non-hydrogen) atoms. The number of benzene rings is 4. The first-order chi connectivity index (χ1) is 28.2. The highest BCUT2D eigenvalue weighted by Crippen LogP contribution is 2.41. The van der Waals surface area contributed by atoms with Gasteiger partial charge in [-0.3, -0.25) is 0 Å². The topological polar surface area (TPSA) is 173 Å². The highest BCUT2D eigenvalue weighted by atomic mass is 35.5. The number of nitrogens with zero attached hydrogens (tertiary/aromatic N) is 5. The summed E-state index contributed by atoms with van der Waals surface area (Å²) >= 11 is 7.13. The SMILES string of the molecule is COc1cc(CN(c2ncns2)S(=O)(=O)c2cc(F)c(Oc3ccc(Cl)cc3-c3ccc4onc(N(C(=O)OC(C)(C)C)C(=O)OC(C)(C)C)c4c3)cc2F)cc(OC)c1. The molecule has 6 aromatic rings. The Kier molecular flexibility index (Phi) is 12.3. The molecule has 0 bridgehead atoms. The molecule has 4 aromatic carbocycles. The number of carbonyl (C=O) groups is 2. The van der Waals surface area contributed by atoms with Crippen molar-refractivity contribution in [1.82, 2.24) is 14.5 Å². The molecule has 2 heterocycles. The molecule has 2 aromatic heterocycles. The number of imide groups is 1. The minimum absolute atomic E-state index is 0.0377. The number of halogens is 3. The van der Waals surface area contributed by atoms with Crippen LogP contribution >= 0.6 is 23.1 Å². The summed E-state index contributed by atoms with van der Waals surface area (Å²) in [5.74, 6) is -2.78. The number of hydrogen-bond acceptors (Lipinski definition) is 14. The summed E-state index contributed by atoms with van der Waals surface area (Å²) in [6.07, 6.45) is -1.04. The van der Waals surface area contributed by atoms with E-state index in [4.69, 9.17) is 39.8 Å². The largest absolute Gasteiger partial charge is 0.497 e. The second-order valence-corrected chi connectivity index (χ2v) is 18.0. The molecule has 15 nitrogen and oxygen atoms in total. The van der Waals surface area contributed by atoms with Gasteiger partial charge < -0.3 is 28.2 Å². The quantitative estimate of drug-likeness (QED) is 0.120. The zero-order valence-corrected chi connectivity index (χ0v) is 35.8. The number of ether oxygens (including phenoxy) is 5. The van der Waals surface area contributed by atoms with Crippen molar-refractivity contribution in [2.75, 3.05) is 23.4 Å². The second kappa shape index (κ2) is 16.9. The van der Waals surface area contributed by atoms with Crippen LogP contribution in [0.15, 0.2) is 82.5 Å². The molecule has 2 amide bonds. The van der Waals surface area contributed by atoms with Crippen LogP contribution in [0.2, 0.25) is 5.02 Å². The van der Waals surface area contributed by atoms with Crippen LogP contribution < -0.4 is 23.4 Å². The fourth-order valence-electron chi connectivity index (χ4n) is 5.61. The molecule has 6 rings (SSSR count). The Morgan fingerprint density at radius 2 is 1.48 bits per heavy atom. The predicted octanol–water partition coefficient (Wildman–Crippen LogP) is 10.2. The predicted molar refractivity (Wildman–Crippen MR) is 219 cm³/mol. The number of sulfonamides is 1. The zero-order chi connectivity index (χ0) is 43.7. The highest BCUT2D eigenvalue weighted by Gasteiger charge is 2.37. The van der Waals surface area contributed by atoms with Gasteiger partial charge >= 0.3 is 12.2 Å². The minimum atomic E-state index is -4.83. The summed E-state index contributed by atoms with van der Waals surface area (Å²) in [6, 6.07) is 14.7. The first kappa shape index (κ1) is 43.5. The summed E-state index contributed by atoms with van der Waals surface area (Å²) in [4.78, 5) is 30.5. The molecule has 316 valence electrons. The minimum Gasteiger partial charge on any atom is -0.497 e. The lowest BCUT2D eigenvalue weighted by atomic mass is 10.0. The van der Waals surface area contributed by atoms with Crippen LogP contribution in [0.5, 0.6) is 23.0 Å². The van der Waals surface area contributed by atoms with Gasteiger partial charge in [-0.2, -0.15) is 9.27 Å². The number of aromatic nitrogens is 3. The molecule has 0 aliphatic heterocycles. The summed E-state index contributed by atoms with van der Waals surface area (Å²) in [7, 11) is -1.98. The van der Waals surface area contributed by atoms with Gasteiger partial charge in [0.25, 0.3) is 10.0 Å². The van der Waals surface area contributed by atoms with Gasteiger partial charge in [-0.05, 0) is 95.1 Å². The van der Waals surface area contributed by atoms with Crippen LogP contribution in [-0.4, -0.2) is 60.5 Å². The van der Waals surface area contributed by atoms with Gasteiger partial charge in [-0.15, -0.1) is 0 Å². The number of methoxy groups -OCH3 is 2. The Morgan fingerprint density at radius 3 is 2.07 bits per heavy atom. The van der Waals surface area contributed by atoms with Crippen molar-refractivity contribution < 1.29 is 55.0 Å². The average molecular weight is 886 g/mol. The number of rotatable bonds is 11. The van der Waals surface area contributed by atoms with E-state index in [-0.39, 0.29) is 44.8 Å². The number of amides is 2. The van der Waals surface area contributed by atoms with Crippen molar-refractivity contribution >= 4 is 67.3 Å². The van der Waals surface area contributed by atoms with E-state index in [1.807, 2.05) is 0 Å². The summed E-state index contributed by atoms with van der Waals surface area (Å²) < 4.78 is 97.9. The lowest BCUT2D eigenvalue weighted by Gasteiger charge is -2.27. The Bertz CT molecular complexity index is 2630. The van der Waals surface area contributed by atoms with Gasteiger partial charge in [-0.1, -0.05) is 22.8 Å². The maximum atomic E-state index is 16.0. The van der Waals surface area contributed by atoms with Crippen LogP contribution in [0.25, 0.3) is 22.1 Å². The van der Waals surface area contributed by atoms with E-state index < -0.39 is 55.7 Å². The third-order valence-corrected chi connectivity index (χ3v) is 10.9. The molecule has 0 aliphatic rings. The summed E-state index contributed by atoms with van der Waals surface area (Å²) in [5.41, 5.74) is -0.871. The summed E-state index contributed by atoms with van der Waals surface area (Å²) in [6.45, 7) is 9.35. The summed E-state index contributed by atoms with van der Waals surface area (Å²) in [5, 5.41) is 4.26. The Morgan fingerprint density at radius 1 is 0.833 bits per heavy atom. The van der Waals surface area contributed by atoms with E-state index in [0.29, 0.717) is 39.7 Å². The van der Waals surface area contributed by atoms with Gasteiger partial charge in [-0.25, -0.2) is 36.1 Å². The number of hydrogen-bond donors (Lipinski definition) is 0. The van der Waals surface area contributed by atoms with Crippen molar-refractivity contribution in [2.45, 2.75) is 64.2 Å². The van der Waals surface area contributed by atoms with Crippen molar-refractivity contribution in [3.63, 3.8) is 0 Å². The third-order valence-electron chi connectivity index (χ3n) is 8.14. The van der Waals surface area contributed by atoms with E-state index in [2.05, 4.69) is 14.5 Å². The van der Waals surface area contributed by atoms with Gasteiger partial charge in [0.05, 0.1) is 26.2 Å². The molecule has 0 radical (unpaired) electrons. The van der Waals surface area contributed by atoms with E-state index >= 15 is 8.78 Å². The van der Waals surface area contributed by atoms with Gasteiger partial charge in [0, 0.05) is 40.3 Å². The molecular formula is C40H38ClF2N5O10S2. The molecule has 0 spiro atoms. The zero-order valence-electron chi connectivity index (χ0n) is 33.4. The van der Waals surface area contributed by atoms with Gasteiger partial charge in [0.15, 0.2) is 23.0 Å². The van der Waals surface area contributed by atoms with Crippen LogP contribution in [0.4, 0.5) is 29.3 Å². The lowest BCUT2D eigenvalue weighted by molar-refractivity contribution is 0.0427. The highest BCUT2D eigenvalue weighted by molar-refractivity contribution is 7.93. The van der Waals surface area contributed by atoms with Crippen LogP contribution in [0.3, 0.4) is 0 Å². The molecule has 0 aliphatic carbocycles. The molecule has 20 heteroatoms. The fourth-order valence-corrected chi connectivity index (χ4v) is 7.99. The van der Waals surface area contributed by atoms with Crippen molar-refractivity contribution in [3.05, 3.63) is 95.3 Å². The molecule has 0 saturated heterocycles. The van der Waals surface area contributed by atoms with Crippen molar-refractivity contribution in [3.8, 4) is 34.1 Å². The maximum Gasteiger partial charge on any atom is 0.425 e. The van der Waals surface area contributed by atoms with Crippen molar-refractivity contribution in [1.29, 1.82) is 0 Å². The third kappa shape index (κ3) is 9.69. The van der Waals surface area contributed by atoms with Gasteiger partial charge in [0.1, 0.15) is 45.5 Å². The Hall–Kier alpha value is -6.05. The smallest absolute Gasteiger partial charge is 0.425 e. The normalized spacial score (nSPS) is 11.9. The van der Waals surface area contributed by atoms with Crippen molar-refractivity contribution in [2.24, 2.45) is 0 Å².